The Labute approximate surface area is 273 Å². The first-order valence-electron chi connectivity index (χ1n) is 16.1. The summed E-state index contributed by atoms with van der Waals surface area (Å²) in [4.78, 5) is 4.86. The van der Waals surface area contributed by atoms with Crippen LogP contribution in [0.15, 0.2) is 160 Å². The van der Waals surface area contributed by atoms with Gasteiger partial charge in [-0.05, 0) is 71.8 Å². The van der Waals surface area contributed by atoms with Gasteiger partial charge in [-0.25, -0.2) is 0 Å². The molecule has 0 radical (unpaired) electrons. The van der Waals surface area contributed by atoms with Crippen LogP contribution in [-0.4, -0.2) is 14.1 Å². The van der Waals surface area contributed by atoms with Crippen molar-refractivity contribution >= 4 is 76.6 Å². The quantitative estimate of drug-likeness (QED) is 0.199. The van der Waals surface area contributed by atoms with Crippen molar-refractivity contribution in [3.8, 4) is 22.8 Å². The van der Waals surface area contributed by atoms with E-state index in [9.17, 15) is 0 Å². The molecule has 0 atom stereocenters. The number of oxazole rings is 1. The Bertz CT molecular complexity index is 3050. The molecular weight excluding hydrogens is 590 g/mol. The van der Waals surface area contributed by atoms with Gasteiger partial charge in [0.05, 0.1) is 22.1 Å². The van der Waals surface area contributed by atoms with Gasteiger partial charge in [0.25, 0.3) is 0 Å². The van der Waals surface area contributed by atoms with Crippen LogP contribution in [0.3, 0.4) is 0 Å². The zero-order valence-corrected chi connectivity index (χ0v) is 25.6. The number of hydrogen-bond donors (Lipinski definition) is 0. The summed E-state index contributed by atoms with van der Waals surface area (Å²) in [7, 11) is 0. The highest BCUT2D eigenvalue weighted by Gasteiger charge is 2.20. The molecule has 11 rings (SSSR count). The summed E-state index contributed by atoms with van der Waals surface area (Å²) < 4.78 is 17.1. The highest BCUT2D eigenvalue weighted by atomic mass is 16.4. The molecule has 5 heteroatoms. The van der Waals surface area contributed by atoms with Gasteiger partial charge in [0, 0.05) is 44.1 Å². The van der Waals surface area contributed by atoms with Crippen molar-refractivity contribution in [3.63, 3.8) is 0 Å². The van der Waals surface area contributed by atoms with Crippen LogP contribution in [0, 0.1) is 0 Å². The van der Waals surface area contributed by atoms with Crippen molar-refractivity contribution in [1.82, 2.24) is 14.1 Å². The molecule has 0 aliphatic carbocycles. The van der Waals surface area contributed by atoms with Crippen LogP contribution in [0.2, 0.25) is 0 Å². The second-order valence-electron chi connectivity index (χ2n) is 12.4. The summed E-state index contributed by atoms with van der Waals surface area (Å²) in [5.74, 6) is 0. The lowest BCUT2D eigenvalue weighted by Gasteiger charge is -2.09. The maximum Gasteiger partial charge on any atom is 0.307 e. The standard InChI is InChI=1S/C43H25N3O2/c1-5-15-35-29(10-1)33-24-26(20-23-37(33)46(35)43-44-34-14-4-8-19-40(34)48-43)28-13-9-17-38-42(28)32-12-2-6-16-36(32)45(38)27-21-22-31-30-11-3-7-18-39(30)47-41(31)25-27/h1-25H. The zero-order chi connectivity index (χ0) is 31.3. The topological polar surface area (TPSA) is 49.0 Å². The van der Waals surface area contributed by atoms with E-state index < -0.39 is 0 Å². The summed E-state index contributed by atoms with van der Waals surface area (Å²) in [5, 5.41) is 7.01. The first kappa shape index (κ1) is 25.6. The van der Waals surface area contributed by atoms with Gasteiger partial charge >= 0.3 is 6.01 Å². The predicted molar refractivity (Wildman–Crippen MR) is 195 cm³/mol. The number of nitrogens with zero attached hydrogens (tertiary/aromatic N) is 3. The number of fused-ring (bicyclic) bond motifs is 10. The third-order valence-electron chi connectivity index (χ3n) is 9.78. The van der Waals surface area contributed by atoms with E-state index in [4.69, 9.17) is 13.8 Å². The normalized spacial score (nSPS) is 12.2. The Kier molecular flexibility index (Phi) is 5.05. The second kappa shape index (κ2) is 9.47. The van der Waals surface area contributed by atoms with Gasteiger partial charge in [-0.3, -0.25) is 4.57 Å². The van der Waals surface area contributed by atoms with E-state index in [0.717, 1.165) is 77.1 Å². The fraction of sp³-hybridized carbons (Fsp3) is 0. The minimum Gasteiger partial charge on any atom is -0.456 e. The van der Waals surface area contributed by atoms with Crippen molar-refractivity contribution in [2.45, 2.75) is 0 Å². The Balaban J connectivity index is 1.15. The molecule has 0 fully saturated rings. The predicted octanol–water partition coefficient (Wildman–Crippen LogP) is 11.6. The van der Waals surface area contributed by atoms with Crippen LogP contribution < -0.4 is 0 Å². The molecule has 0 saturated carbocycles. The van der Waals surface area contributed by atoms with E-state index in [-0.39, 0.29) is 0 Å². The number of aromatic nitrogens is 3. The van der Waals surface area contributed by atoms with Crippen molar-refractivity contribution in [2.75, 3.05) is 0 Å². The Morgan fingerprint density at radius 3 is 1.98 bits per heavy atom. The highest BCUT2D eigenvalue weighted by Crippen LogP contribution is 2.42. The molecule has 0 N–H and O–H groups in total. The molecule has 224 valence electrons. The van der Waals surface area contributed by atoms with E-state index in [1.54, 1.807) is 0 Å². The largest absolute Gasteiger partial charge is 0.456 e. The van der Waals surface area contributed by atoms with Crippen molar-refractivity contribution in [3.05, 3.63) is 152 Å². The van der Waals surface area contributed by atoms with Crippen molar-refractivity contribution in [1.29, 1.82) is 0 Å². The number of hydrogen-bond acceptors (Lipinski definition) is 3. The minimum absolute atomic E-state index is 0.571. The highest BCUT2D eigenvalue weighted by molar-refractivity contribution is 6.17. The van der Waals surface area contributed by atoms with Gasteiger partial charge in [-0.15, -0.1) is 0 Å². The Morgan fingerprint density at radius 2 is 1.10 bits per heavy atom. The summed E-state index contributed by atoms with van der Waals surface area (Å²) >= 11 is 0. The molecule has 0 aliphatic rings. The van der Waals surface area contributed by atoms with Gasteiger partial charge in [0.2, 0.25) is 0 Å². The molecule has 4 heterocycles. The van der Waals surface area contributed by atoms with E-state index in [1.807, 2.05) is 36.4 Å². The smallest absolute Gasteiger partial charge is 0.307 e. The van der Waals surface area contributed by atoms with Crippen LogP contribution >= 0.6 is 0 Å². The summed E-state index contributed by atoms with van der Waals surface area (Å²) in [6, 6.07) is 53.8. The van der Waals surface area contributed by atoms with Gasteiger partial charge in [0.1, 0.15) is 16.7 Å². The van der Waals surface area contributed by atoms with Crippen molar-refractivity contribution in [2.24, 2.45) is 0 Å². The monoisotopic (exact) mass is 615 g/mol. The Hall–Kier alpha value is -6.59. The van der Waals surface area contributed by atoms with Crippen LogP contribution in [0.25, 0.3) is 99.5 Å². The minimum atomic E-state index is 0.571. The maximum atomic E-state index is 6.31. The van der Waals surface area contributed by atoms with Crippen LogP contribution in [-0.2, 0) is 0 Å². The fourth-order valence-corrected chi connectivity index (χ4v) is 7.69. The lowest BCUT2D eigenvalue weighted by Crippen LogP contribution is -1.94. The van der Waals surface area contributed by atoms with E-state index in [2.05, 4.69) is 124 Å². The van der Waals surface area contributed by atoms with Gasteiger partial charge in [0.15, 0.2) is 5.58 Å². The van der Waals surface area contributed by atoms with E-state index >= 15 is 0 Å². The Morgan fingerprint density at radius 1 is 0.417 bits per heavy atom. The molecule has 7 aromatic carbocycles. The summed E-state index contributed by atoms with van der Waals surface area (Å²) in [6.45, 7) is 0. The van der Waals surface area contributed by atoms with E-state index in [1.165, 1.54) is 16.3 Å². The van der Waals surface area contributed by atoms with Crippen LogP contribution in [0.1, 0.15) is 0 Å². The van der Waals surface area contributed by atoms with E-state index in [0.29, 0.717) is 6.01 Å². The third kappa shape index (κ3) is 3.47. The number of benzene rings is 7. The molecule has 0 saturated heterocycles. The summed E-state index contributed by atoms with van der Waals surface area (Å²) in [5.41, 5.74) is 11.3. The zero-order valence-electron chi connectivity index (χ0n) is 25.6. The molecule has 48 heavy (non-hydrogen) atoms. The first-order valence-corrected chi connectivity index (χ1v) is 16.1. The SMILES string of the molecule is c1ccc2oc(-n3c4ccccc4c4cc(-c5cccc6c5c5ccccc5n6-c5ccc6c(c5)oc5ccccc56)ccc43)nc2c1. The molecule has 4 aromatic heterocycles. The summed E-state index contributed by atoms with van der Waals surface area (Å²) in [6.07, 6.45) is 0. The van der Waals surface area contributed by atoms with Gasteiger partial charge in [-0.2, -0.15) is 4.98 Å². The number of para-hydroxylation sites is 5. The van der Waals surface area contributed by atoms with Gasteiger partial charge < -0.3 is 13.4 Å². The average molecular weight is 616 g/mol. The fourth-order valence-electron chi connectivity index (χ4n) is 7.69. The molecule has 0 spiro atoms. The molecule has 11 aromatic rings. The maximum absolute atomic E-state index is 6.31. The first-order chi connectivity index (χ1) is 23.8. The molecule has 0 amide bonds. The van der Waals surface area contributed by atoms with Gasteiger partial charge in [-0.1, -0.05) is 84.9 Å². The van der Waals surface area contributed by atoms with Crippen LogP contribution in [0.4, 0.5) is 0 Å². The average Bonchev–Trinajstić information content (AvgIpc) is 3.89. The molecule has 0 unspecified atom stereocenters. The number of furan rings is 1. The number of rotatable bonds is 3. The molecule has 0 bridgehead atoms. The molecule has 0 aliphatic heterocycles. The third-order valence-corrected chi connectivity index (χ3v) is 9.78. The lowest BCUT2D eigenvalue weighted by atomic mass is 9.98. The van der Waals surface area contributed by atoms with Crippen molar-refractivity contribution < 1.29 is 8.83 Å². The second-order valence-corrected chi connectivity index (χ2v) is 12.4. The molecule has 5 nitrogen and oxygen atoms in total. The molecular formula is C43H25N3O2. The lowest BCUT2D eigenvalue weighted by molar-refractivity contribution is 0.574. The van der Waals surface area contributed by atoms with Crippen LogP contribution in [0.5, 0.6) is 0 Å².